The summed E-state index contributed by atoms with van der Waals surface area (Å²) in [5.41, 5.74) is 2.38. The molecule has 0 amide bonds. The zero-order valence-corrected chi connectivity index (χ0v) is 21.2. The standard InChI is InChI=1S/C28H41NO4/c1-7-9-12-20(8-2)19-29-23(22-13-10-11-14-25(22)31-4)15-16-24(29)28-26(32-5)17-21(30-3)18-27(28)33-6/h10-11,13-14,17-18,20,23-24H,7-9,12,15-16,19H2,1-6H3. The molecule has 3 rings (SSSR count). The Morgan fingerprint density at radius 3 is 2.06 bits per heavy atom. The van der Waals surface area contributed by atoms with E-state index in [1.165, 1.54) is 31.2 Å². The first-order valence-electron chi connectivity index (χ1n) is 12.3. The fourth-order valence-corrected chi connectivity index (χ4v) is 5.28. The molecule has 1 aliphatic rings. The van der Waals surface area contributed by atoms with Gasteiger partial charge in [0.15, 0.2) is 0 Å². The van der Waals surface area contributed by atoms with Crippen molar-refractivity contribution in [2.45, 2.75) is 64.5 Å². The SMILES string of the molecule is CCCCC(CC)CN1C(c2ccccc2OC)CCC1c1c(OC)cc(OC)cc1OC. The second kappa shape index (κ2) is 12.2. The lowest BCUT2D eigenvalue weighted by atomic mass is 9.95. The Kier molecular flexibility index (Phi) is 9.30. The summed E-state index contributed by atoms with van der Waals surface area (Å²) in [7, 11) is 6.89. The summed E-state index contributed by atoms with van der Waals surface area (Å²) in [5, 5.41) is 0. The Morgan fingerprint density at radius 1 is 0.848 bits per heavy atom. The monoisotopic (exact) mass is 455 g/mol. The number of methoxy groups -OCH3 is 4. The van der Waals surface area contributed by atoms with Crippen LogP contribution in [-0.4, -0.2) is 39.9 Å². The fraction of sp³-hybridized carbons (Fsp3) is 0.571. The molecule has 0 aromatic heterocycles. The normalized spacial score (nSPS) is 19.3. The highest BCUT2D eigenvalue weighted by Gasteiger charge is 2.40. The second-order valence-corrected chi connectivity index (χ2v) is 8.91. The molecule has 3 atom stereocenters. The average molecular weight is 456 g/mol. The van der Waals surface area contributed by atoms with E-state index in [1.807, 2.05) is 18.2 Å². The van der Waals surface area contributed by atoms with Gasteiger partial charge in [0.1, 0.15) is 23.0 Å². The maximum Gasteiger partial charge on any atom is 0.131 e. The van der Waals surface area contributed by atoms with E-state index in [0.29, 0.717) is 12.0 Å². The van der Waals surface area contributed by atoms with Crippen LogP contribution in [0.4, 0.5) is 0 Å². The Hall–Kier alpha value is -2.40. The van der Waals surface area contributed by atoms with E-state index >= 15 is 0 Å². The third-order valence-electron chi connectivity index (χ3n) is 7.11. The lowest BCUT2D eigenvalue weighted by Crippen LogP contribution is -2.32. The van der Waals surface area contributed by atoms with E-state index in [4.69, 9.17) is 18.9 Å². The smallest absolute Gasteiger partial charge is 0.131 e. The highest BCUT2D eigenvalue weighted by atomic mass is 16.5. The molecular weight excluding hydrogens is 414 g/mol. The minimum Gasteiger partial charge on any atom is -0.496 e. The van der Waals surface area contributed by atoms with E-state index in [-0.39, 0.29) is 6.04 Å². The van der Waals surface area contributed by atoms with Crippen LogP contribution in [0.1, 0.15) is 75.6 Å². The van der Waals surface area contributed by atoms with Crippen LogP contribution in [0.5, 0.6) is 23.0 Å². The van der Waals surface area contributed by atoms with Gasteiger partial charge in [0.25, 0.3) is 0 Å². The van der Waals surface area contributed by atoms with Gasteiger partial charge in [-0.2, -0.15) is 0 Å². The zero-order valence-electron chi connectivity index (χ0n) is 21.2. The molecule has 2 aromatic carbocycles. The first-order chi connectivity index (χ1) is 16.1. The summed E-state index contributed by atoms with van der Waals surface area (Å²) in [4.78, 5) is 2.68. The highest BCUT2D eigenvalue weighted by molar-refractivity contribution is 5.53. The number of rotatable bonds is 12. The van der Waals surface area contributed by atoms with Gasteiger partial charge < -0.3 is 18.9 Å². The van der Waals surface area contributed by atoms with E-state index < -0.39 is 0 Å². The van der Waals surface area contributed by atoms with Gasteiger partial charge in [-0.05, 0) is 31.2 Å². The summed E-state index contributed by atoms with van der Waals surface area (Å²) < 4.78 is 23.0. The van der Waals surface area contributed by atoms with Crippen molar-refractivity contribution in [3.63, 3.8) is 0 Å². The number of nitrogens with zero attached hydrogens (tertiary/aromatic N) is 1. The molecule has 0 spiro atoms. The number of unbranched alkanes of at least 4 members (excludes halogenated alkanes) is 1. The number of benzene rings is 2. The first kappa shape index (κ1) is 25.2. The summed E-state index contributed by atoms with van der Waals surface area (Å²) in [6.45, 7) is 5.64. The molecule has 2 aromatic rings. The topological polar surface area (TPSA) is 40.2 Å². The van der Waals surface area contributed by atoms with Crippen LogP contribution < -0.4 is 18.9 Å². The van der Waals surface area contributed by atoms with Gasteiger partial charge in [-0.25, -0.2) is 0 Å². The van der Waals surface area contributed by atoms with Crippen LogP contribution in [0, 0.1) is 5.92 Å². The lowest BCUT2D eigenvalue weighted by molar-refractivity contribution is 0.149. The van der Waals surface area contributed by atoms with Gasteiger partial charge in [-0.15, -0.1) is 0 Å². The Labute approximate surface area is 200 Å². The molecule has 0 radical (unpaired) electrons. The quantitative estimate of drug-likeness (QED) is 0.351. The van der Waals surface area contributed by atoms with Crippen molar-refractivity contribution >= 4 is 0 Å². The minimum absolute atomic E-state index is 0.200. The third kappa shape index (κ3) is 5.57. The van der Waals surface area contributed by atoms with Gasteiger partial charge in [-0.1, -0.05) is 51.3 Å². The molecule has 1 aliphatic heterocycles. The van der Waals surface area contributed by atoms with E-state index in [2.05, 4.69) is 36.9 Å². The first-order valence-corrected chi connectivity index (χ1v) is 12.3. The number of likely N-dealkylation sites (tertiary alicyclic amines) is 1. The molecular formula is C28H41NO4. The molecule has 182 valence electrons. The van der Waals surface area contributed by atoms with Crippen LogP contribution in [0.2, 0.25) is 0 Å². The minimum atomic E-state index is 0.200. The highest BCUT2D eigenvalue weighted by Crippen LogP contribution is 2.51. The number of hydrogen-bond acceptors (Lipinski definition) is 5. The molecule has 1 saturated heterocycles. The molecule has 1 fully saturated rings. The molecule has 0 bridgehead atoms. The Balaban J connectivity index is 2.07. The summed E-state index contributed by atoms with van der Waals surface area (Å²) in [6.07, 6.45) is 7.03. The van der Waals surface area contributed by atoms with E-state index in [0.717, 1.165) is 47.9 Å². The maximum absolute atomic E-state index is 5.86. The molecule has 0 saturated carbocycles. The zero-order chi connectivity index (χ0) is 23.8. The predicted molar refractivity (Wildman–Crippen MR) is 134 cm³/mol. The number of ether oxygens (including phenoxy) is 4. The number of hydrogen-bond donors (Lipinski definition) is 0. The molecule has 3 unspecified atom stereocenters. The summed E-state index contributed by atoms with van der Waals surface area (Å²) in [5.74, 6) is 4.00. The van der Waals surface area contributed by atoms with Crippen LogP contribution >= 0.6 is 0 Å². The van der Waals surface area contributed by atoms with Crippen molar-refractivity contribution < 1.29 is 18.9 Å². The molecule has 5 nitrogen and oxygen atoms in total. The van der Waals surface area contributed by atoms with Crippen LogP contribution in [0.25, 0.3) is 0 Å². The van der Waals surface area contributed by atoms with Crippen molar-refractivity contribution in [3.8, 4) is 23.0 Å². The van der Waals surface area contributed by atoms with Crippen molar-refractivity contribution in [2.75, 3.05) is 35.0 Å². The van der Waals surface area contributed by atoms with Crippen molar-refractivity contribution in [1.82, 2.24) is 4.90 Å². The van der Waals surface area contributed by atoms with Gasteiger partial charge in [-0.3, -0.25) is 4.90 Å². The van der Waals surface area contributed by atoms with E-state index in [1.54, 1.807) is 28.4 Å². The van der Waals surface area contributed by atoms with E-state index in [9.17, 15) is 0 Å². The molecule has 5 heteroatoms. The van der Waals surface area contributed by atoms with Crippen molar-refractivity contribution in [2.24, 2.45) is 5.92 Å². The predicted octanol–water partition coefficient (Wildman–Crippen LogP) is 6.82. The summed E-state index contributed by atoms with van der Waals surface area (Å²) in [6, 6.07) is 12.9. The van der Waals surface area contributed by atoms with Gasteiger partial charge in [0.2, 0.25) is 0 Å². The maximum atomic E-state index is 5.86. The Morgan fingerprint density at radius 2 is 1.48 bits per heavy atom. The molecule has 1 heterocycles. The van der Waals surface area contributed by atoms with Crippen LogP contribution in [0.3, 0.4) is 0 Å². The van der Waals surface area contributed by atoms with Crippen LogP contribution in [-0.2, 0) is 0 Å². The Bertz CT molecular complexity index is 859. The van der Waals surface area contributed by atoms with Crippen LogP contribution in [0.15, 0.2) is 36.4 Å². The third-order valence-corrected chi connectivity index (χ3v) is 7.11. The molecule has 33 heavy (non-hydrogen) atoms. The van der Waals surface area contributed by atoms with Gasteiger partial charge in [0.05, 0.1) is 34.0 Å². The fourth-order valence-electron chi connectivity index (χ4n) is 5.28. The average Bonchev–Trinajstić information content (AvgIpc) is 3.27. The van der Waals surface area contributed by atoms with Gasteiger partial charge >= 0.3 is 0 Å². The number of para-hydroxylation sites is 1. The lowest BCUT2D eigenvalue weighted by Gasteiger charge is -2.35. The largest absolute Gasteiger partial charge is 0.496 e. The van der Waals surface area contributed by atoms with Gasteiger partial charge in [0, 0.05) is 36.3 Å². The summed E-state index contributed by atoms with van der Waals surface area (Å²) >= 11 is 0. The molecule has 0 N–H and O–H groups in total. The second-order valence-electron chi connectivity index (χ2n) is 8.91. The molecule has 0 aliphatic carbocycles. The van der Waals surface area contributed by atoms with Crippen molar-refractivity contribution in [1.29, 1.82) is 0 Å². The van der Waals surface area contributed by atoms with Crippen molar-refractivity contribution in [3.05, 3.63) is 47.5 Å².